The number of aromatic nitrogens is 1. The number of aliphatic hydroxyl groups is 1. The molecule has 1 fully saturated rings. The Labute approximate surface area is 113 Å². The lowest BCUT2D eigenvalue weighted by Gasteiger charge is -2.49. The number of hydrogen-bond donors (Lipinski definition) is 1. The molecule has 0 radical (unpaired) electrons. The molecule has 1 aliphatic rings. The van der Waals surface area contributed by atoms with Crippen LogP contribution < -0.4 is 0 Å². The molecule has 0 spiro atoms. The van der Waals surface area contributed by atoms with Gasteiger partial charge < -0.3 is 10.0 Å². The van der Waals surface area contributed by atoms with E-state index in [2.05, 4.69) is 18.8 Å². The third kappa shape index (κ3) is 2.77. The van der Waals surface area contributed by atoms with E-state index in [1.807, 2.05) is 29.0 Å². The van der Waals surface area contributed by atoms with E-state index in [0.717, 1.165) is 5.56 Å². The van der Waals surface area contributed by atoms with Gasteiger partial charge in [0.15, 0.2) is 0 Å². The Morgan fingerprint density at radius 2 is 2.05 bits per heavy atom. The van der Waals surface area contributed by atoms with Crippen molar-refractivity contribution in [3.05, 3.63) is 30.1 Å². The first kappa shape index (κ1) is 14.0. The average molecular weight is 263 g/mol. The van der Waals surface area contributed by atoms with Crippen LogP contribution >= 0.6 is 0 Å². The molecule has 0 saturated carbocycles. The molecule has 1 aromatic heterocycles. The number of piperazine rings is 1. The number of pyridine rings is 1. The maximum absolute atomic E-state index is 12.4. The lowest BCUT2D eigenvalue weighted by Crippen LogP contribution is -2.65. The van der Waals surface area contributed by atoms with Crippen LogP contribution in [0.25, 0.3) is 0 Å². The maximum Gasteiger partial charge on any atom is 0.242 e. The summed E-state index contributed by atoms with van der Waals surface area (Å²) in [5.41, 5.74) is 0.911. The molecule has 5 heteroatoms. The van der Waals surface area contributed by atoms with Crippen LogP contribution in [-0.2, 0) is 11.3 Å². The number of aliphatic hydroxyl groups excluding tert-OH is 1. The van der Waals surface area contributed by atoms with E-state index in [4.69, 9.17) is 0 Å². The smallest absolute Gasteiger partial charge is 0.242 e. The van der Waals surface area contributed by atoms with Gasteiger partial charge in [0.05, 0.1) is 6.61 Å². The second-order valence-electron chi connectivity index (χ2n) is 5.67. The largest absolute Gasteiger partial charge is 0.394 e. The van der Waals surface area contributed by atoms with Crippen molar-refractivity contribution in [1.82, 2.24) is 14.8 Å². The zero-order valence-corrected chi connectivity index (χ0v) is 11.7. The van der Waals surface area contributed by atoms with Gasteiger partial charge in [-0.25, -0.2) is 0 Å². The number of hydrogen-bond acceptors (Lipinski definition) is 4. The highest BCUT2D eigenvalue weighted by molar-refractivity contribution is 5.83. The van der Waals surface area contributed by atoms with Gasteiger partial charge in [-0.05, 0) is 38.6 Å². The van der Waals surface area contributed by atoms with Crippen molar-refractivity contribution in [1.29, 1.82) is 0 Å². The second kappa shape index (κ2) is 5.27. The molecule has 5 nitrogen and oxygen atoms in total. The summed E-state index contributed by atoms with van der Waals surface area (Å²) in [6.45, 7) is 5.24. The number of carbonyl (C=O) groups excluding carboxylic acids is 1. The number of likely N-dealkylation sites (N-methyl/N-ethyl adjacent to an activating group) is 1. The Hall–Kier alpha value is -1.46. The summed E-state index contributed by atoms with van der Waals surface area (Å²) < 4.78 is 0. The molecule has 2 heterocycles. The van der Waals surface area contributed by atoms with Crippen molar-refractivity contribution >= 4 is 5.91 Å². The van der Waals surface area contributed by atoms with Crippen LogP contribution in [0.1, 0.15) is 19.4 Å². The van der Waals surface area contributed by atoms with Crippen molar-refractivity contribution in [3.63, 3.8) is 0 Å². The monoisotopic (exact) mass is 263 g/mol. The van der Waals surface area contributed by atoms with Gasteiger partial charge >= 0.3 is 0 Å². The highest BCUT2D eigenvalue weighted by atomic mass is 16.3. The third-order valence-electron chi connectivity index (χ3n) is 3.89. The molecule has 1 amide bonds. The Morgan fingerprint density at radius 1 is 1.42 bits per heavy atom. The van der Waals surface area contributed by atoms with E-state index >= 15 is 0 Å². The SMILES string of the molecule is CN1C(CO)C(=O)N(Cc2ccncc2)CC1(C)C. The average Bonchev–Trinajstić information content (AvgIpc) is 2.38. The molecule has 1 aliphatic heterocycles. The molecule has 0 aliphatic carbocycles. The normalized spacial score (nSPS) is 23.7. The third-order valence-corrected chi connectivity index (χ3v) is 3.89. The van der Waals surface area contributed by atoms with Gasteiger partial charge in [0.25, 0.3) is 0 Å². The number of rotatable bonds is 3. The van der Waals surface area contributed by atoms with Crippen LogP contribution in [0, 0.1) is 0 Å². The van der Waals surface area contributed by atoms with E-state index in [-0.39, 0.29) is 18.1 Å². The van der Waals surface area contributed by atoms with E-state index in [1.54, 1.807) is 12.4 Å². The van der Waals surface area contributed by atoms with Crippen LogP contribution in [0.5, 0.6) is 0 Å². The summed E-state index contributed by atoms with van der Waals surface area (Å²) in [4.78, 5) is 20.1. The van der Waals surface area contributed by atoms with Gasteiger partial charge in [-0.3, -0.25) is 14.7 Å². The Kier molecular flexibility index (Phi) is 3.87. The van der Waals surface area contributed by atoms with E-state index in [0.29, 0.717) is 13.1 Å². The molecule has 2 rings (SSSR count). The van der Waals surface area contributed by atoms with Crippen LogP contribution in [0.15, 0.2) is 24.5 Å². The zero-order chi connectivity index (χ0) is 14.0. The van der Waals surface area contributed by atoms with Crippen molar-refractivity contribution in [2.24, 2.45) is 0 Å². The minimum absolute atomic E-state index is 0.0128. The first-order valence-electron chi connectivity index (χ1n) is 6.47. The Morgan fingerprint density at radius 3 is 2.63 bits per heavy atom. The van der Waals surface area contributed by atoms with E-state index in [9.17, 15) is 9.90 Å². The number of nitrogens with zero attached hydrogens (tertiary/aromatic N) is 3. The number of amides is 1. The Bertz CT molecular complexity index is 447. The molecule has 1 aromatic rings. The fraction of sp³-hybridized carbons (Fsp3) is 0.571. The summed E-state index contributed by atoms with van der Waals surface area (Å²) >= 11 is 0. The maximum atomic E-state index is 12.4. The molecule has 1 atom stereocenters. The number of carbonyl (C=O) groups is 1. The topological polar surface area (TPSA) is 56.7 Å². The van der Waals surface area contributed by atoms with Gasteiger partial charge in [0.2, 0.25) is 5.91 Å². The molecule has 1 N–H and O–H groups in total. The lowest BCUT2D eigenvalue weighted by atomic mass is 9.95. The molecular weight excluding hydrogens is 242 g/mol. The predicted molar refractivity (Wildman–Crippen MR) is 72.4 cm³/mol. The summed E-state index contributed by atoms with van der Waals surface area (Å²) in [5.74, 6) is -0.0128. The van der Waals surface area contributed by atoms with Crippen molar-refractivity contribution in [2.45, 2.75) is 32.0 Å². The molecule has 19 heavy (non-hydrogen) atoms. The predicted octanol–water partition coefficient (Wildman–Crippen LogP) is 0.495. The minimum Gasteiger partial charge on any atom is -0.394 e. The van der Waals surface area contributed by atoms with Crippen LogP contribution in [0.3, 0.4) is 0 Å². The molecule has 1 unspecified atom stereocenters. The van der Waals surface area contributed by atoms with Gasteiger partial charge in [0.1, 0.15) is 6.04 Å². The quantitative estimate of drug-likeness (QED) is 0.862. The minimum atomic E-state index is -0.453. The molecule has 0 bridgehead atoms. The summed E-state index contributed by atoms with van der Waals surface area (Å²) in [6.07, 6.45) is 3.45. The van der Waals surface area contributed by atoms with Crippen molar-refractivity contribution in [2.75, 3.05) is 20.2 Å². The summed E-state index contributed by atoms with van der Waals surface area (Å²) in [5, 5.41) is 9.45. The molecular formula is C14H21N3O2. The molecule has 0 aromatic carbocycles. The van der Waals surface area contributed by atoms with Gasteiger partial charge in [-0.15, -0.1) is 0 Å². The van der Waals surface area contributed by atoms with Crippen LogP contribution in [0.2, 0.25) is 0 Å². The van der Waals surface area contributed by atoms with E-state index < -0.39 is 6.04 Å². The summed E-state index contributed by atoms with van der Waals surface area (Å²) in [7, 11) is 1.89. The van der Waals surface area contributed by atoms with Crippen molar-refractivity contribution < 1.29 is 9.90 Å². The second-order valence-corrected chi connectivity index (χ2v) is 5.67. The highest BCUT2D eigenvalue weighted by Gasteiger charge is 2.42. The molecule has 1 saturated heterocycles. The van der Waals surface area contributed by atoms with Gasteiger partial charge in [0, 0.05) is 31.0 Å². The fourth-order valence-corrected chi connectivity index (χ4v) is 2.50. The van der Waals surface area contributed by atoms with Crippen LogP contribution in [-0.4, -0.2) is 57.6 Å². The molecule has 104 valence electrons. The highest BCUT2D eigenvalue weighted by Crippen LogP contribution is 2.25. The standard InChI is InChI=1S/C14H21N3O2/c1-14(2)10-17(8-11-4-6-15-7-5-11)13(19)12(9-18)16(14)3/h4-7,12,18H,8-10H2,1-3H3. The lowest BCUT2D eigenvalue weighted by molar-refractivity contribution is -0.151. The first-order valence-corrected chi connectivity index (χ1v) is 6.47. The van der Waals surface area contributed by atoms with Gasteiger partial charge in [-0.2, -0.15) is 0 Å². The van der Waals surface area contributed by atoms with Crippen LogP contribution in [0.4, 0.5) is 0 Å². The fourth-order valence-electron chi connectivity index (χ4n) is 2.50. The Balaban J connectivity index is 2.19. The summed E-state index contributed by atoms with van der Waals surface area (Å²) in [6, 6.07) is 3.37. The zero-order valence-electron chi connectivity index (χ0n) is 11.7. The van der Waals surface area contributed by atoms with Gasteiger partial charge in [-0.1, -0.05) is 0 Å². The van der Waals surface area contributed by atoms with Crippen molar-refractivity contribution in [3.8, 4) is 0 Å². The first-order chi connectivity index (χ1) is 8.95. The van der Waals surface area contributed by atoms with E-state index in [1.165, 1.54) is 0 Å².